The van der Waals surface area contributed by atoms with Gasteiger partial charge in [-0.25, -0.2) is 9.37 Å². The van der Waals surface area contributed by atoms with E-state index >= 15 is 0 Å². The van der Waals surface area contributed by atoms with Crippen LogP contribution < -0.4 is 9.80 Å². The summed E-state index contributed by atoms with van der Waals surface area (Å²) in [6.07, 6.45) is 0.215. The molecule has 3 heterocycles. The van der Waals surface area contributed by atoms with E-state index in [1.54, 1.807) is 24.0 Å². The summed E-state index contributed by atoms with van der Waals surface area (Å²) in [5.74, 6) is -0.0611. The first kappa shape index (κ1) is 19.5. The van der Waals surface area contributed by atoms with Crippen molar-refractivity contribution in [1.29, 1.82) is 0 Å². The molecule has 2 fully saturated rings. The lowest BCUT2D eigenvalue weighted by molar-refractivity contribution is -0.136. The van der Waals surface area contributed by atoms with E-state index in [2.05, 4.69) is 9.88 Å². The lowest BCUT2D eigenvalue weighted by Crippen LogP contribution is -2.50. The number of hydrogen-bond donors (Lipinski definition) is 0. The Balaban J connectivity index is 1.23. The Hall–Kier alpha value is -3.42. The van der Waals surface area contributed by atoms with Crippen LogP contribution in [-0.4, -0.2) is 54.4 Å². The highest BCUT2D eigenvalue weighted by Crippen LogP contribution is 2.29. The smallest absolute Gasteiger partial charge is 0.228 e. The topological polar surface area (TPSA) is 69.9 Å². The van der Waals surface area contributed by atoms with Crippen molar-refractivity contribution in [2.75, 3.05) is 42.5 Å². The summed E-state index contributed by atoms with van der Waals surface area (Å²) in [6.45, 7) is 4.70. The Bertz CT molecular complexity index is 1140. The van der Waals surface area contributed by atoms with Crippen LogP contribution in [0.25, 0.3) is 11.1 Å². The molecule has 2 amide bonds. The summed E-state index contributed by atoms with van der Waals surface area (Å²) < 4.78 is 18.6. The fourth-order valence-electron chi connectivity index (χ4n) is 4.42. The van der Waals surface area contributed by atoms with Crippen LogP contribution in [-0.2, 0) is 9.59 Å². The van der Waals surface area contributed by atoms with Gasteiger partial charge in [-0.1, -0.05) is 0 Å². The molecule has 0 aliphatic carbocycles. The van der Waals surface area contributed by atoms with Crippen LogP contribution in [0.3, 0.4) is 0 Å². The highest BCUT2D eigenvalue weighted by atomic mass is 19.1. The molecule has 160 valence electrons. The van der Waals surface area contributed by atoms with Crippen LogP contribution in [0.15, 0.2) is 46.9 Å². The molecule has 31 heavy (non-hydrogen) atoms. The first-order valence-corrected chi connectivity index (χ1v) is 10.4. The largest absolute Gasteiger partial charge is 0.441 e. The van der Waals surface area contributed by atoms with Gasteiger partial charge in [0.1, 0.15) is 11.3 Å². The van der Waals surface area contributed by atoms with Gasteiger partial charge < -0.3 is 19.1 Å². The van der Waals surface area contributed by atoms with Gasteiger partial charge in [-0.15, -0.1) is 0 Å². The number of halogens is 1. The van der Waals surface area contributed by atoms with Crippen molar-refractivity contribution >= 4 is 34.3 Å². The molecule has 1 atom stereocenters. The van der Waals surface area contributed by atoms with Gasteiger partial charge in [-0.3, -0.25) is 9.59 Å². The predicted octanol–water partition coefficient (Wildman–Crippen LogP) is 2.98. The number of carbonyl (C=O) groups is 2. The van der Waals surface area contributed by atoms with Crippen molar-refractivity contribution in [2.24, 2.45) is 5.92 Å². The molecule has 8 heteroatoms. The van der Waals surface area contributed by atoms with Gasteiger partial charge in [-0.05, 0) is 42.5 Å². The number of rotatable bonds is 3. The molecular weight excluding hydrogens is 399 g/mol. The van der Waals surface area contributed by atoms with E-state index in [0.717, 1.165) is 11.4 Å². The fourth-order valence-corrected chi connectivity index (χ4v) is 4.42. The molecular formula is C23H23FN4O3. The number of piperazine rings is 1. The summed E-state index contributed by atoms with van der Waals surface area (Å²) in [7, 11) is 0. The van der Waals surface area contributed by atoms with Crippen LogP contribution in [0, 0.1) is 18.7 Å². The molecule has 0 unspecified atom stereocenters. The normalized spacial score (nSPS) is 19.5. The number of fused-ring (bicyclic) bond motifs is 1. The van der Waals surface area contributed by atoms with Crippen LogP contribution in [0.5, 0.6) is 0 Å². The Morgan fingerprint density at radius 3 is 2.52 bits per heavy atom. The minimum absolute atomic E-state index is 0.0213. The summed E-state index contributed by atoms with van der Waals surface area (Å²) in [5.41, 5.74) is 3.07. The number of benzene rings is 2. The van der Waals surface area contributed by atoms with Crippen molar-refractivity contribution in [3.8, 4) is 0 Å². The molecule has 2 aliphatic rings. The van der Waals surface area contributed by atoms with Crippen molar-refractivity contribution in [2.45, 2.75) is 13.3 Å². The Morgan fingerprint density at radius 2 is 1.77 bits per heavy atom. The van der Waals surface area contributed by atoms with Crippen LogP contribution in [0.1, 0.15) is 12.3 Å². The highest BCUT2D eigenvalue weighted by Gasteiger charge is 2.38. The predicted molar refractivity (Wildman–Crippen MR) is 114 cm³/mol. The van der Waals surface area contributed by atoms with Crippen LogP contribution >= 0.6 is 0 Å². The minimum atomic E-state index is -0.348. The molecule has 1 aromatic heterocycles. The Kier molecular flexibility index (Phi) is 4.84. The third-order valence-electron chi connectivity index (χ3n) is 6.05. The molecule has 0 saturated carbocycles. The number of anilines is 2. The van der Waals surface area contributed by atoms with Crippen LogP contribution in [0.4, 0.5) is 15.8 Å². The van der Waals surface area contributed by atoms with Gasteiger partial charge >= 0.3 is 0 Å². The van der Waals surface area contributed by atoms with E-state index in [0.29, 0.717) is 49.7 Å². The van der Waals surface area contributed by atoms with E-state index < -0.39 is 0 Å². The molecule has 0 spiro atoms. The first-order valence-electron chi connectivity index (χ1n) is 10.4. The maximum Gasteiger partial charge on any atom is 0.228 e. The van der Waals surface area contributed by atoms with Gasteiger partial charge in [0.15, 0.2) is 11.5 Å². The first-order chi connectivity index (χ1) is 15.0. The zero-order valence-electron chi connectivity index (χ0n) is 17.3. The summed E-state index contributed by atoms with van der Waals surface area (Å²) >= 11 is 0. The molecule has 0 radical (unpaired) electrons. The zero-order chi connectivity index (χ0) is 21.5. The summed E-state index contributed by atoms with van der Waals surface area (Å²) in [6, 6.07) is 11.9. The number of aromatic nitrogens is 1. The molecule has 0 bridgehead atoms. The van der Waals surface area contributed by atoms with Crippen molar-refractivity contribution in [3.05, 3.63) is 54.2 Å². The quantitative estimate of drug-likeness (QED) is 0.649. The van der Waals surface area contributed by atoms with Crippen molar-refractivity contribution in [1.82, 2.24) is 9.88 Å². The Labute approximate surface area is 179 Å². The van der Waals surface area contributed by atoms with Gasteiger partial charge in [0.05, 0.1) is 5.92 Å². The maximum atomic E-state index is 13.1. The number of carbonyl (C=O) groups excluding carboxylic acids is 2. The Morgan fingerprint density at radius 1 is 1.06 bits per heavy atom. The average Bonchev–Trinajstić information content (AvgIpc) is 3.35. The average molecular weight is 422 g/mol. The van der Waals surface area contributed by atoms with E-state index in [1.807, 2.05) is 23.1 Å². The number of nitrogens with zero attached hydrogens (tertiary/aromatic N) is 4. The molecule has 5 rings (SSSR count). The standard InChI is InChI=1S/C23H23FN4O3/c1-15-25-20-13-19(6-7-21(20)31-15)28-14-16(12-22(28)29)23(30)27-10-8-26(9-11-27)18-4-2-17(24)3-5-18/h2-7,13,16H,8-12,14H2,1H3/t16-/m1/s1. The van der Waals surface area contributed by atoms with E-state index in [4.69, 9.17) is 4.42 Å². The molecule has 2 aromatic carbocycles. The van der Waals surface area contributed by atoms with E-state index in [-0.39, 0.29) is 30.0 Å². The van der Waals surface area contributed by atoms with E-state index in [1.165, 1.54) is 12.1 Å². The molecule has 2 aliphatic heterocycles. The molecule has 7 nitrogen and oxygen atoms in total. The minimum Gasteiger partial charge on any atom is -0.441 e. The third-order valence-corrected chi connectivity index (χ3v) is 6.05. The van der Waals surface area contributed by atoms with Gasteiger partial charge in [0.25, 0.3) is 0 Å². The number of amides is 2. The fraction of sp³-hybridized carbons (Fsp3) is 0.348. The summed E-state index contributed by atoms with van der Waals surface area (Å²) in [5, 5.41) is 0. The number of hydrogen-bond acceptors (Lipinski definition) is 5. The lowest BCUT2D eigenvalue weighted by atomic mass is 10.1. The molecule has 0 N–H and O–H groups in total. The summed E-state index contributed by atoms with van der Waals surface area (Å²) in [4.78, 5) is 35.7. The number of aryl methyl sites for hydroxylation is 1. The second-order valence-electron chi connectivity index (χ2n) is 8.08. The number of oxazole rings is 1. The second kappa shape index (κ2) is 7.68. The van der Waals surface area contributed by atoms with Gasteiger partial charge in [0.2, 0.25) is 11.8 Å². The lowest BCUT2D eigenvalue weighted by Gasteiger charge is -2.37. The zero-order valence-corrected chi connectivity index (χ0v) is 17.3. The highest BCUT2D eigenvalue weighted by molar-refractivity contribution is 6.01. The van der Waals surface area contributed by atoms with Gasteiger partial charge in [-0.2, -0.15) is 0 Å². The second-order valence-corrected chi connectivity index (χ2v) is 8.08. The van der Waals surface area contributed by atoms with Crippen molar-refractivity contribution < 1.29 is 18.4 Å². The third kappa shape index (κ3) is 3.73. The van der Waals surface area contributed by atoms with E-state index in [9.17, 15) is 14.0 Å². The molecule has 2 saturated heterocycles. The SMILES string of the molecule is Cc1nc2cc(N3C[C@H](C(=O)N4CCN(c5ccc(F)cc5)CC4)CC3=O)ccc2o1. The maximum absolute atomic E-state index is 13.1. The van der Waals surface area contributed by atoms with Crippen molar-refractivity contribution in [3.63, 3.8) is 0 Å². The van der Waals surface area contributed by atoms with Gasteiger partial charge in [0, 0.05) is 57.4 Å². The monoisotopic (exact) mass is 422 g/mol. The van der Waals surface area contributed by atoms with Crippen LogP contribution in [0.2, 0.25) is 0 Å². The molecule has 3 aromatic rings.